The number of nitrogens with zero attached hydrogens (tertiary/aromatic N) is 2. The number of aryl methyl sites for hydroxylation is 1. The van der Waals surface area contributed by atoms with Gasteiger partial charge in [-0.15, -0.1) is 0 Å². The molecule has 1 aromatic heterocycles. The SMILES string of the molecule is Cc1cnc(C(Cc2cccc(F)c2Br)NN)nc1. The lowest BCUT2D eigenvalue weighted by Crippen LogP contribution is -2.31. The first-order valence-electron chi connectivity index (χ1n) is 5.79. The molecule has 0 saturated carbocycles. The summed E-state index contributed by atoms with van der Waals surface area (Å²) < 4.78 is 13.9. The normalized spacial score (nSPS) is 12.4. The Morgan fingerprint density at radius 1 is 1.37 bits per heavy atom. The summed E-state index contributed by atoms with van der Waals surface area (Å²) in [6.45, 7) is 1.91. The van der Waals surface area contributed by atoms with E-state index in [1.54, 1.807) is 18.5 Å². The minimum absolute atomic E-state index is 0.265. The smallest absolute Gasteiger partial charge is 0.146 e. The van der Waals surface area contributed by atoms with E-state index in [9.17, 15) is 4.39 Å². The van der Waals surface area contributed by atoms with Crippen molar-refractivity contribution in [3.05, 3.63) is 57.8 Å². The van der Waals surface area contributed by atoms with Gasteiger partial charge in [0.05, 0.1) is 10.5 Å². The number of hydrogen-bond acceptors (Lipinski definition) is 4. The van der Waals surface area contributed by atoms with Crippen molar-refractivity contribution in [2.45, 2.75) is 19.4 Å². The van der Waals surface area contributed by atoms with Gasteiger partial charge in [-0.05, 0) is 46.5 Å². The van der Waals surface area contributed by atoms with Crippen molar-refractivity contribution < 1.29 is 4.39 Å². The van der Waals surface area contributed by atoms with Gasteiger partial charge in [0.15, 0.2) is 0 Å². The van der Waals surface area contributed by atoms with Crippen molar-refractivity contribution in [2.75, 3.05) is 0 Å². The minimum atomic E-state index is -0.293. The fourth-order valence-electron chi connectivity index (χ4n) is 1.73. The maximum Gasteiger partial charge on any atom is 0.146 e. The van der Waals surface area contributed by atoms with E-state index in [0.29, 0.717) is 16.7 Å². The number of rotatable bonds is 4. The highest BCUT2D eigenvalue weighted by Crippen LogP contribution is 2.24. The summed E-state index contributed by atoms with van der Waals surface area (Å²) in [4.78, 5) is 8.47. The lowest BCUT2D eigenvalue weighted by Gasteiger charge is -2.15. The molecular formula is C13H14BrFN4. The minimum Gasteiger partial charge on any atom is -0.271 e. The molecule has 3 N–H and O–H groups in total. The predicted molar refractivity (Wildman–Crippen MR) is 74.6 cm³/mol. The van der Waals surface area contributed by atoms with E-state index in [0.717, 1.165) is 11.1 Å². The zero-order chi connectivity index (χ0) is 13.8. The number of hydrazine groups is 1. The van der Waals surface area contributed by atoms with Crippen LogP contribution < -0.4 is 11.3 Å². The molecule has 0 aliphatic heterocycles. The van der Waals surface area contributed by atoms with Gasteiger partial charge >= 0.3 is 0 Å². The molecule has 0 aliphatic carbocycles. The second kappa shape index (κ2) is 6.18. The first-order valence-corrected chi connectivity index (χ1v) is 6.58. The molecule has 0 spiro atoms. The van der Waals surface area contributed by atoms with Gasteiger partial charge in [0.25, 0.3) is 0 Å². The third-order valence-electron chi connectivity index (χ3n) is 2.77. The van der Waals surface area contributed by atoms with Gasteiger partial charge in [-0.25, -0.2) is 19.8 Å². The Morgan fingerprint density at radius 3 is 2.68 bits per heavy atom. The lowest BCUT2D eigenvalue weighted by atomic mass is 10.1. The van der Waals surface area contributed by atoms with Crippen LogP contribution in [-0.4, -0.2) is 9.97 Å². The molecule has 100 valence electrons. The summed E-state index contributed by atoms with van der Waals surface area (Å²) in [5.41, 5.74) is 4.46. The van der Waals surface area contributed by atoms with E-state index < -0.39 is 0 Å². The van der Waals surface area contributed by atoms with E-state index in [1.165, 1.54) is 6.07 Å². The van der Waals surface area contributed by atoms with Crippen molar-refractivity contribution in [1.82, 2.24) is 15.4 Å². The summed E-state index contributed by atoms with van der Waals surface area (Å²) in [6, 6.07) is 4.64. The molecule has 0 aliphatic rings. The molecule has 0 bridgehead atoms. The van der Waals surface area contributed by atoms with Gasteiger partial charge in [0, 0.05) is 12.4 Å². The van der Waals surface area contributed by atoms with Gasteiger partial charge in [0.2, 0.25) is 0 Å². The molecular weight excluding hydrogens is 311 g/mol. The average molecular weight is 325 g/mol. The first kappa shape index (κ1) is 14.0. The van der Waals surface area contributed by atoms with Crippen molar-refractivity contribution >= 4 is 15.9 Å². The summed E-state index contributed by atoms with van der Waals surface area (Å²) in [7, 11) is 0. The van der Waals surface area contributed by atoms with Crippen LogP contribution in [0, 0.1) is 12.7 Å². The molecule has 0 amide bonds. The van der Waals surface area contributed by atoms with Gasteiger partial charge in [0.1, 0.15) is 11.6 Å². The molecule has 0 saturated heterocycles. The standard InChI is InChI=1S/C13H14BrFN4/c1-8-6-17-13(18-7-8)11(19-16)5-9-3-2-4-10(15)12(9)14/h2-4,6-7,11,19H,5,16H2,1H3. The number of aromatic nitrogens is 2. The van der Waals surface area contributed by atoms with Crippen LogP contribution in [0.15, 0.2) is 35.1 Å². The van der Waals surface area contributed by atoms with Crippen LogP contribution in [0.3, 0.4) is 0 Å². The fourth-order valence-corrected chi connectivity index (χ4v) is 2.16. The highest BCUT2D eigenvalue weighted by molar-refractivity contribution is 9.10. The highest BCUT2D eigenvalue weighted by atomic mass is 79.9. The third-order valence-corrected chi connectivity index (χ3v) is 3.66. The maximum atomic E-state index is 13.5. The molecule has 1 aromatic carbocycles. The van der Waals surface area contributed by atoms with Gasteiger partial charge in [-0.3, -0.25) is 5.84 Å². The van der Waals surface area contributed by atoms with Crippen LogP contribution in [0.2, 0.25) is 0 Å². The molecule has 2 rings (SSSR count). The Labute approximate surface area is 119 Å². The second-order valence-electron chi connectivity index (χ2n) is 4.25. The van der Waals surface area contributed by atoms with Crippen LogP contribution >= 0.6 is 15.9 Å². The molecule has 19 heavy (non-hydrogen) atoms. The third kappa shape index (κ3) is 3.34. The largest absolute Gasteiger partial charge is 0.271 e. The van der Waals surface area contributed by atoms with E-state index >= 15 is 0 Å². The Balaban J connectivity index is 2.24. The number of nitrogens with one attached hydrogen (secondary N) is 1. The molecule has 2 aromatic rings. The Hall–Kier alpha value is -1.37. The molecule has 0 radical (unpaired) electrons. The fraction of sp³-hybridized carbons (Fsp3) is 0.231. The van der Waals surface area contributed by atoms with E-state index in [4.69, 9.17) is 5.84 Å². The molecule has 1 unspecified atom stereocenters. The van der Waals surface area contributed by atoms with Crippen LogP contribution in [-0.2, 0) is 6.42 Å². The Kier molecular flexibility index (Phi) is 4.57. The lowest BCUT2D eigenvalue weighted by molar-refractivity contribution is 0.518. The Morgan fingerprint density at radius 2 is 2.05 bits per heavy atom. The van der Waals surface area contributed by atoms with Crippen molar-refractivity contribution in [1.29, 1.82) is 0 Å². The monoisotopic (exact) mass is 324 g/mol. The molecule has 4 nitrogen and oxygen atoms in total. The number of nitrogens with two attached hydrogens (primary N) is 1. The van der Waals surface area contributed by atoms with Crippen LogP contribution in [0.5, 0.6) is 0 Å². The number of benzene rings is 1. The summed E-state index contributed by atoms with van der Waals surface area (Å²) in [6.07, 6.45) is 3.96. The summed E-state index contributed by atoms with van der Waals surface area (Å²) >= 11 is 3.24. The van der Waals surface area contributed by atoms with Gasteiger partial charge < -0.3 is 0 Å². The van der Waals surface area contributed by atoms with Crippen molar-refractivity contribution in [3.63, 3.8) is 0 Å². The van der Waals surface area contributed by atoms with E-state index in [-0.39, 0.29) is 11.9 Å². The zero-order valence-electron chi connectivity index (χ0n) is 10.4. The predicted octanol–water partition coefficient (Wildman–Crippen LogP) is 2.43. The quantitative estimate of drug-likeness (QED) is 0.669. The van der Waals surface area contributed by atoms with E-state index in [1.807, 2.05) is 13.0 Å². The molecule has 0 fully saturated rings. The molecule has 6 heteroatoms. The maximum absolute atomic E-state index is 13.5. The van der Waals surface area contributed by atoms with E-state index in [2.05, 4.69) is 31.3 Å². The molecule has 1 heterocycles. The van der Waals surface area contributed by atoms with Gasteiger partial charge in [-0.2, -0.15) is 0 Å². The van der Waals surface area contributed by atoms with Crippen LogP contribution in [0.25, 0.3) is 0 Å². The van der Waals surface area contributed by atoms with Gasteiger partial charge in [-0.1, -0.05) is 12.1 Å². The zero-order valence-corrected chi connectivity index (χ0v) is 12.0. The number of hydrogen-bond donors (Lipinski definition) is 2. The average Bonchev–Trinajstić information content (AvgIpc) is 2.42. The van der Waals surface area contributed by atoms with Crippen molar-refractivity contribution in [3.8, 4) is 0 Å². The number of halogens is 2. The van der Waals surface area contributed by atoms with Crippen LogP contribution in [0.4, 0.5) is 4.39 Å². The first-order chi connectivity index (χ1) is 9.11. The summed E-state index contributed by atoms with van der Waals surface area (Å²) in [5.74, 6) is 5.83. The molecule has 1 atom stereocenters. The van der Waals surface area contributed by atoms with Crippen LogP contribution in [0.1, 0.15) is 23.0 Å². The Bertz CT molecular complexity index is 559. The highest BCUT2D eigenvalue weighted by Gasteiger charge is 2.16. The summed E-state index contributed by atoms with van der Waals surface area (Å²) in [5, 5.41) is 0. The topological polar surface area (TPSA) is 63.8 Å². The second-order valence-corrected chi connectivity index (χ2v) is 5.05. The van der Waals surface area contributed by atoms with Crippen molar-refractivity contribution in [2.24, 2.45) is 5.84 Å².